The summed E-state index contributed by atoms with van der Waals surface area (Å²) in [7, 11) is -3.04. The van der Waals surface area contributed by atoms with Crippen molar-refractivity contribution >= 4 is 28.1 Å². The number of alkyl halides is 6. The van der Waals surface area contributed by atoms with Crippen LogP contribution in [0.1, 0.15) is 28.3 Å². The van der Waals surface area contributed by atoms with E-state index in [1.807, 2.05) is 4.72 Å². The molecule has 15 heteroatoms. The number of hydrogen-bond donors (Lipinski definition) is 2. The second-order valence-electron chi connectivity index (χ2n) is 6.37. The van der Waals surface area contributed by atoms with E-state index in [9.17, 15) is 44.9 Å². The van der Waals surface area contributed by atoms with Crippen LogP contribution < -0.4 is 10.5 Å². The monoisotopic (exact) mass is 507 g/mol. The van der Waals surface area contributed by atoms with E-state index in [2.05, 4.69) is 0 Å². The quantitative estimate of drug-likeness (QED) is 0.345. The first kappa shape index (κ1) is 27.6. The number of nitrogens with two attached hydrogens (primary N) is 1. The maximum atomic E-state index is 13.2. The van der Waals surface area contributed by atoms with Gasteiger partial charge in [-0.3, -0.25) is 10.1 Å². The molecule has 7 nitrogen and oxygen atoms in total. The van der Waals surface area contributed by atoms with E-state index in [0.717, 1.165) is 31.3 Å². The van der Waals surface area contributed by atoms with Gasteiger partial charge < -0.3 is 5.73 Å². The molecule has 2 aromatic rings. The van der Waals surface area contributed by atoms with Crippen molar-refractivity contribution in [1.82, 2.24) is 4.72 Å². The summed E-state index contributed by atoms with van der Waals surface area (Å²) in [6, 6.07) is 2.55. The van der Waals surface area contributed by atoms with Crippen LogP contribution in [0.15, 0.2) is 41.3 Å². The number of nitro groups is 1. The van der Waals surface area contributed by atoms with Crippen molar-refractivity contribution in [3.8, 4) is 0 Å². The zero-order chi connectivity index (χ0) is 23.8. The minimum atomic E-state index is -5.33. The molecule has 0 saturated carbocycles. The fourth-order valence-electron chi connectivity index (χ4n) is 2.84. The van der Waals surface area contributed by atoms with Crippen LogP contribution in [0.4, 0.5) is 32.0 Å². The third-order valence-corrected chi connectivity index (χ3v) is 5.85. The molecule has 0 saturated heterocycles. The van der Waals surface area contributed by atoms with Gasteiger partial charge in [0.2, 0.25) is 10.0 Å². The molecule has 0 aliphatic heterocycles. The number of nitrogens with one attached hydrogen (secondary N) is 1. The molecular formula is C17H16ClF6N3O4S. The molecule has 0 amide bonds. The topological polar surface area (TPSA) is 115 Å². The second kappa shape index (κ2) is 9.60. The zero-order valence-corrected chi connectivity index (χ0v) is 17.6. The standard InChI is InChI=1S/C17H15F6N3O4S.ClH/c1-25-31(29,30)15-5-3-11(26(27)28)6-10(15)8-14(24)9-2-4-12(16(18,19)20)13(7-9)17(21,22)23;/h2-7,14,25H,8,24H2,1H3;1H/t14-;/m0./s1. The van der Waals surface area contributed by atoms with E-state index in [-0.39, 0.29) is 35.7 Å². The minimum absolute atomic E-state index is 0. The molecule has 178 valence electrons. The number of halogens is 7. The molecule has 2 rings (SSSR count). The van der Waals surface area contributed by atoms with Crippen LogP contribution >= 0.6 is 12.4 Å². The van der Waals surface area contributed by atoms with Crippen molar-refractivity contribution in [2.75, 3.05) is 7.05 Å². The van der Waals surface area contributed by atoms with Gasteiger partial charge in [-0.1, -0.05) is 6.07 Å². The van der Waals surface area contributed by atoms with Crippen LogP contribution in [-0.2, 0) is 28.8 Å². The highest BCUT2D eigenvalue weighted by atomic mass is 35.5. The average Bonchev–Trinajstić information content (AvgIpc) is 2.65. The molecule has 0 spiro atoms. The lowest BCUT2D eigenvalue weighted by atomic mass is 9.95. The Morgan fingerprint density at radius 2 is 1.59 bits per heavy atom. The van der Waals surface area contributed by atoms with E-state index >= 15 is 0 Å². The summed E-state index contributed by atoms with van der Waals surface area (Å²) in [5.41, 5.74) is 0.946. The molecule has 0 fully saturated rings. The molecule has 0 heterocycles. The highest BCUT2D eigenvalue weighted by Gasteiger charge is 2.43. The number of rotatable bonds is 6. The number of non-ortho nitro benzene ring substituents is 1. The summed E-state index contributed by atoms with van der Waals surface area (Å²) in [4.78, 5) is 9.79. The molecular weight excluding hydrogens is 492 g/mol. The van der Waals surface area contributed by atoms with E-state index in [4.69, 9.17) is 5.73 Å². The lowest BCUT2D eigenvalue weighted by Gasteiger charge is -2.20. The largest absolute Gasteiger partial charge is 0.417 e. The van der Waals surface area contributed by atoms with Gasteiger partial charge in [0.05, 0.1) is 20.9 Å². The Morgan fingerprint density at radius 1 is 1.03 bits per heavy atom. The maximum Gasteiger partial charge on any atom is 0.417 e. The molecule has 0 radical (unpaired) electrons. The minimum Gasteiger partial charge on any atom is -0.324 e. The highest BCUT2D eigenvalue weighted by molar-refractivity contribution is 7.89. The number of sulfonamides is 1. The van der Waals surface area contributed by atoms with Crippen molar-refractivity contribution < 1.29 is 39.7 Å². The molecule has 32 heavy (non-hydrogen) atoms. The molecule has 0 aromatic heterocycles. The summed E-state index contributed by atoms with van der Waals surface area (Å²) in [6.45, 7) is 0. The van der Waals surface area contributed by atoms with Crippen LogP contribution in [0, 0.1) is 10.1 Å². The Bertz CT molecular complexity index is 1110. The average molecular weight is 508 g/mol. The van der Waals surface area contributed by atoms with Gasteiger partial charge in [0.15, 0.2) is 0 Å². The van der Waals surface area contributed by atoms with E-state index in [1.165, 1.54) is 0 Å². The maximum absolute atomic E-state index is 13.2. The number of nitrogens with zero attached hydrogens (tertiary/aromatic N) is 1. The third-order valence-electron chi connectivity index (χ3n) is 4.34. The van der Waals surface area contributed by atoms with Crippen molar-refractivity contribution in [1.29, 1.82) is 0 Å². The van der Waals surface area contributed by atoms with Gasteiger partial charge in [0.1, 0.15) is 0 Å². The van der Waals surface area contributed by atoms with Crippen molar-refractivity contribution in [2.45, 2.75) is 29.7 Å². The molecule has 0 bridgehead atoms. The molecule has 2 aromatic carbocycles. The van der Waals surface area contributed by atoms with Crippen LogP contribution in [-0.4, -0.2) is 20.4 Å². The smallest absolute Gasteiger partial charge is 0.324 e. The van der Waals surface area contributed by atoms with E-state index in [1.54, 1.807) is 0 Å². The summed E-state index contributed by atoms with van der Waals surface area (Å²) < 4.78 is 105. The Labute approximate surface area is 184 Å². The van der Waals surface area contributed by atoms with Crippen molar-refractivity contribution in [3.63, 3.8) is 0 Å². The molecule has 3 N–H and O–H groups in total. The summed E-state index contributed by atoms with van der Waals surface area (Å²) in [5.74, 6) is 0. The number of benzene rings is 2. The van der Waals surface area contributed by atoms with Crippen molar-refractivity contribution in [2.24, 2.45) is 5.73 Å². The first-order valence-corrected chi connectivity index (χ1v) is 9.81. The number of nitro benzene ring substituents is 1. The number of hydrogen-bond acceptors (Lipinski definition) is 5. The lowest BCUT2D eigenvalue weighted by Crippen LogP contribution is -2.23. The van der Waals surface area contributed by atoms with Crippen LogP contribution in [0.3, 0.4) is 0 Å². The molecule has 0 aliphatic carbocycles. The van der Waals surface area contributed by atoms with Gasteiger partial charge in [-0.2, -0.15) is 26.3 Å². The third kappa shape index (κ3) is 6.09. The van der Waals surface area contributed by atoms with Crippen molar-refractivity contribution in [3.05, 3.63) is 68.8 Å². The van der Waals surface area contributed by atoms with Crippen LogP contribution in [0.5, 0.6) is 0 Å². The van der Waals surface area contributed by atoms with Gasteiger partial charge in [0, 0.05) is 18.2 Å². The Hall–Kier alpha value is -2.42. The Morgan fingerprint density at radius 3 is 2.06 bits per heavy atom. The molecule has 0 aliphatic rings. The van der Waals surface area contributed by atoms with Gasteiger partial charge in [-0.25, -0.2) is 13.1 Å². The summed E-state index contributed by atoms with van der Waals surface area (Å²) >= 11 is 0. The Balaban J connectivity index is 0.00000512. The van der Waals surface area contributed by atoms with E-state index < -0.39 is 61.5 Å². The molecule has 0 unspecified atom stereocenters. The predicted molar refractivity (Wildman–Crippen MR) is 104 cm³/mol. The van der Waals surface area contributed by atoms with Gasteiger partial charge >= 0.3 is 12.4 Å². The predicted octanol–water partition coefficient (Wildman–Crippen LogP) is 4.20. The van der Waals surface area contributed by atoms with Gasteiger partial charge in [-0.05, 0) is 42.8 Å². The second-order valence-corrected chi connectivity index (χ2v) is 8.22. The SMILES string of the molecule is CNS(=O)(=O)c1ccc([N+](=O)[O-])cc1C[C@H](N)c1ccc(C(F)(F)F)c(C(F)(F)F)c1.Cl. The van der Waals surface area contributed by atoms with Crippen LogP contribution in [0.25, 0.3) is 0 Å². The van der Waals surface area contributed by atoms with Gasteiger partial charge in [0.25, 0.3) is 5.69 Å². The summed E-state index contributed by atoms with van der Waals surface area (Å²) in [5, 5.41) is 11.0. The summed E-state index contributed by atoms with van der Waals surface area (Å²) in [6.07, 6.45) is -11.1. The fraction of sp³-hybridized carbons (Fsp3) is 0.294. The van der Waals surface area contributed by atoms with Crippen LogP contribution in [0.2, 0.25) is 0 Å². The first-order chi connectivity index (χ1) is 14.1. The first-order valence-electron chi connectivity index (χ1n) is 8.32. The fourth-order valence-corrected chi connectivity index (χ4v) is 3.79. The zero-order valence-electron chi connectivity index (χ0n) is 16.0. The normalized spacial score (nSPS) is 13.4. The lowest BCUT2D eigenvalue weighted by molar-refractivity contribution is -0.385. The Kier molecular flexibility index (Phi) is 8.29. The highest BCUT2D eigenvalue weighted by Crippen LogP contribution is 2.41. The van der Waals surface area contributed by atoms with E-state index in [0.29, 0.717) is 0 Å². The molecule has 1 atom stereocenters. The van der Waals surface area contributed by atoms with Gasteiger partial charge in [-0.15, -0.1) is 12.4 Å².